The molecule has 2 aliphatic carbocycles. The van der Waals surface area contributed by atoms with Crippen LogP contribution in [0.1, 0.15) is 26.7 Å². The molecule has 3 aliphatic rings. The van der Waals surface area contributed by atoms with Crippen molar-refractivity contribution in [2.75, 3.05) is 0 Å². The minimum atomic E-state index is -1.08. The third-order valence-corrected chi connectivity index (χ3v) is 9.02. The fourth-order valence-corrected chi connectivity index (χ4v) is 8.76. The van der Waals surface area contributed by atoms with Gasteiger partial charge in [0.05, 0.1) is 0 Å². The fraction of sp³-hybridized carbons (Fsp3) is 0.467. The smallest absolute Gasteiger partial charge is 1.00 e. The topological polar surface area (TPSA) is 0 Å². The van der Waals surface area contributed by atoms with E-state index in [1.54, 1.807) is 10.8 Å². The molecular weight excluding hydrogens is 370 g/mol. The summed E-state index contributed by atoms with van der Waals surface area (Å²) < 4.78 is 0. The van der Waals surface area contributed by atoms with Crippen LogP contribution in [0.3, 0.4) is 0 Å². The van der Waals surface area contributed by atoms with E-state index < -0.39 is 8.07 Å². The molecule has 0 nitrogen and oxygen atoms in total. The summed E-state index contributed by atoms with van der Waals surface area (Å²) in [5.74, 6) is 0.577. The van der Waals surface area contributed by atoms with Gasteiger partial charge in [0.15, 0.2) is 0 Å². The van der Waals surface area contributed by atoms with E-state index in [4.69, 9.17) is 0 Å². The van der Waals surface area contributed by atoms with Gasteiger partial charge < -0.3 is 24.8 Å². The number of rotatable bonds is 3. The van der Waals surface area contributed by atoms with E-state index in [0.29, 0.717) is 5.92 Å². The Balaban J connectivity index is 0.00000108. The largest absolute Gasteiger partial charge is 3.00 e. The molecule has 0 fully saturated rings. The zero-order chi connectivity index (χ0) is 11.3. The van der Waals surface area contributed by atoms with Gasteiger partial charge in [0.2, 0.25) is 0 Å². The summed E-state index contributed by atoms with van der Waals surface area (Å²) >= 11 is 0. The molecule has 3 rings (SSSR count). The molecular formula is C15H19Cl2SiZr. The molecule has 0 amide bonds. The van der Waals surface area contributed by atoms with Gasteiger partial charge in [0.25, 0.3) is 0 Å². The van der Waals surface area contributed by atoms with Crippen molar-refractivity contribution in [3.63, 3.8) is 0 Å². The summed E-state index contributed by atoms with van der Waals surface area (Å²) in [4.78, 5) is 0. The Labute approximate surface area is 149 Å². The third-order valence-electron chi connectivity index (χ3n) is 4.30. The van der Waals surface area contributed by atoms with E-state index in [1.165, 1.54) is 18.0 Å². The van der Waals surface area contributed by atoms with Gasteiger partial charge in [-0.05, 0) is 6.42 Å². The van der Waals surface area contributed by atoms with Crippen LogP contribution >= 0.6 is 0 Å². The van der Waals surface area contributed by atoms with Gasteiger partial charge in [0.1, 0.15) is 0 Å². The van der Waals surface area contributed by atoms with Crippen LogP contribution in [0.25, 0.3) is 0 Å². The van der Waals surface area contributed by atoms with E-state index in [-0.39, 0.29) is 51.0 Å². The van der Waals surface area contributed by atoms with Gasteiger partial charge in [-0.1, -0.05) is 62.6 Å². The first-order chi connectivity index (χ1) is 7.68. The molecule has 4 heteroatoms. The Morgan fingerprint density at radius 2 is 2.05 bits per heavy atom. The first-order valence-corrected chi connectivity index (χ1v) is 9.10. The predicted molar refractivity (Wildman–Crippen MR) is 71.5 cm³/mol. The van der Waals surface area contributed by atoms with Crippen molar-refractivity contribution in [1.82, 2.24) is 0 Å². The van der Waals surface area contributed by atoms with Gasteiger partial charge in [-0.15, -0.1) is 0 Å². The second kappa shape index (κ2) is 7.07. The summed E-state index contributed by atoms with van der Waals surface area (Å²) in [6.45, 7) is 7.15. The third kappa shape index (κ3) is 2.98. The van der Waals surface area contributed by atoms with Crippen molar-refractivity contribution < 1.29 is 51.0 Å². The van der Waals surface area contributed by atoms with Gasteiger partial charge in [-0.3, -0.25) is 6.08 Å². The molecule has 0 saturated carbocycles. The van der Waals surface area contributed by atoms with Gasteiger partial charge >= 0.3 is 26.2 Å². The van der Waals surface area contributed by atoms with Crippen molar-refractivity contribution >= 4 is 8.07 Å². The number of hydrogen-bond acceptors (Lipinski definition) is 0. The Bertz CT molecular complexity index is 477. The molecule has 101 valence electrons. The van der Waals surface area contributed by atoms with Crippen LogP contribution in [0.15, 0.2) is 39.8 Å². The van der Waals surface area contributed by atoms with Crippen molar-refractivity contribution in [1.29, 1.82) is 0 Å². The van der Waals surface area contributed by atoms with Crippen LogP contribution in [0.5, 0.6) is 0 Å². The van der Waals surface area contributed by atoms with Gasteiger partial charge in [-0.2, -0.15) is 10.4 Å². The minimum Gasteiger partial charge on any atom is -1.00 e. The normalized spacial score (nSPS) is 29.7. The van der Waals surface area contributed by atoms with E-state index >= 15 is 0 Å². The Kier molecular flexibility index (Phi) is 7.31. The van der Waals surface area contributed by atoms with Crippen molar-refractivity contribution in [3.8, 4) is 0 Å². The van der Waals surface area contributed by atoms with Crippen LogP contribution in [0.2, 0.25) is 12.6 Å². The Hall–Kier alpha value is 0.640. The van der Waals surface area contributed by atoms with Crippen molar-refractivity contribution in [2.45, 2.75) is 39.3 Å². The van der Waals surface area contributed by atoms with Crippen LogP contribution in [-0.2, 0) is 26.2 Å². The Morgan fingerprint density at radius 1 is 1.37 bits per heavy atom. The summed E-state index contributed by atoms with van der Waals surface area (Å²) in [5.41, 5.74) is 3.06. The molecule has 0 N–H and O–H groups in total. The van der Waals surface area contributed by atoms with Crippen LogP contribution in [0, 0.1) is 12.0 Å². The summed E-state index contributed by atoms with van der Waals surface area (Å²) in [5, 5.41) is 3.59. The zero-order valence-electron chi connectivity index (χ0n) is 11.7. The maximum Gasteiger partial charge on any atom is 3.00 e. The first-order valence-electron chi connectivity index (χ1n) is 6.39. The molecule has 0 aromatic rings. The maximum absolute atomic E-state index is 3.68. The molecule has 1 aliphatic heterocycles. The van der Waals surface area contributed by atoms with Crippen LogP contribution in [-0.4, -0.2) is 8.07 Å². The number of allylic oxidation sites excluding steroid dienone is 8. The van der Waals surface area contributed by atoms with E-state index in [2.05, 4.69) is 44.7 Å². The maximum atomic E-state index is 3.68. The number of hydrogen-bond donors (Lipinski definition) is 0. The molecule has 19 heavy (non-hydrogen) atoms. The second-order valence-electron chi connectivity index (χ2n) is 5.45. The van der Waals surface area contributed by atoms with Crippen LogP contribution < -0.4 is 24.8 Å². The molecule has 0 saturated heterocycles. The van der Waals surface area contributed by atoms with Gasteiger partial charge in [-0.25, -0.2) is 5.57 Å². The monoisotopic (exact) mass is 387 g/mol. The van der Waals surface area contributed by atoms with E-state index in [1.807, 2.05) is 5.20 Å². The molecule has 0 spiro atoms. The molecule has 1 heterocycles. The molecule has 0 aromatic heterocycles. The first kappa shape index (κ1) is 19.6. The zero-order valence-corrected chi connectivity index (χ0v) is 16.7. The average molecular weight is 390 g/mol. The fourth-order valence-electron chi connectivity index (χ4n) is 3.60. The van der Waals surface area contributed by atoms with E-state index in [9.17, 15) is 0 Å². The average Bonchev–Trinajstić information content (AvgIpc) is 2.65. The van der Waals surface area contributed by atoms with Crippen molar-refractivity contribution in [3.05, 3.63) is 45.8 Å². The van der Waals surface area contributed by atoms with Gasteiger partial charge in [0, 0.05) is 8.07 Å². The molecule has 0 aromatic carbocycles. The molecule has 1 radical (unpaired) electrons. The minimum absolute atomic E-state index is 0. The molecule has 2 unspecified atom stereocenters. The predicted octanol–water partition coefficient (Wildman–Crippen LogP) is -1.87. The second-order valence-corrected chi connectivity index (χ2v) is 9.65. The SMILES string of the molecule is CCC[Si]1(C)C2=C1C(C1=CC=CC1)[C-]=C2C.[Cl-].[Cl-].[Zr+3]. The number of halogens is 2. The van der Waals surface area contributed by atoms with Crippen LogP contribution in [0.4, 0.5) is 0 Å². The van der Waals surface area contributed by atoms with E-state index in [0.717, 1.165) is 6.42 Å². The standard InChI is InChI=1S/C15H19Si.2ClH.Zr/c1-4-9-16(3)14-11(2)10-13(15(14)16)12-7-5-6-8-12;;;/h5-7,13H,4,8-9H2,1-3H3;2*1H;/q-1;;;+3/p-2. The summed E-state index contributed by atoms with van der Waals surface area (Å²) in [6.07, 6.45) is 12.9. The Morgan fingerprint density at radius 3 is 2.58 bits per heavy atom. The summed E-state index contributed by atoms with van der Waals surface area (Å²) in [6, 6.07) is 1.45. The summed E-state index contributed by atoms with van der Waals surface area (Å²) in [7, 11) is -1.08. The molecule has 2 atom stereocenters. The van der Waals surface area contributed by atoms with Crippen molar-refractivity contribution in [2.24, 2.45) is 5.92 Å². The quantitative estimate of drug-likeness (QED) is 0.392. The molecule has 0 bridgehead atoms.